The van der Waals surface area contributed by atoms with E-state index in [4.69, 9.17) is 0 Å². The number of hydrogen-bond donors (Lipinski definition) is 0. The molecule has 1 aromatic carbocycles. The molecular formula is C11H11N3O. The average Bonchev–Trinajstić information content (AvgIpc) is 2.99. The van der Waals surface area contributed by atoms with Crippen molar-refractivity contribution in [2.75, 3.05) is 0 Å². The molecule has 76 valence electrons. The van der Waals surface area contributed by atoms with Crippen LogP contribution in [0.1, 0.15) is 34.8 Å². The Hall–Kier alpha value is -1.71. The summed E-state index contributed by atoms with van der Waals surface area (Å²) in [5.74, 6) is 0. The molecule has 0 unspecified atom stereocenters. The van der Waals surface area contributed by atoms with Crippen molar-refractivity contribution in [3.8, 4) is 0 Å². The fourth-order valence-electron chi connectivity index (χ4n) is 1.87. The van der Waals surface area contributed by atoms with Gasteiger partial charge in [0.2, 0.25) is 0 Å². The fourth-order valence-corrected chi connectivity index (χ4v) is 1.87. The number of rotatable bonds is 2. The van der Waals surface area contributed by atoms with Gasteiger partial charge in [-0.2, -0.15) is 0 Å². The minimum absolute atomic E-state index is 0.525. The highest BCUT2D eigenvalue weighted by atomic mass is 16.1. The van der Waals surface area contributed by atoms with E-state index in [1.807, 2.05) is 23.7 Å². The van der Waals surface area contributed by atoms with Gasteiger partial charge in [0, 0.05) is 5.56 Å². The summed E-state index contributed by atoms with van der Waals surface area (Å²) in [5, 5.41) is 8.29. The third-order valence-electron chi connectivity index (χ3n) is 2.96. The lowest BCUT2D eigenvalue weighted by molar-refractivity contribution is 0.112. The van der Waals surface area contributed by atoms with Gasteiger partial charge in [-0.1, -0.05) is 5.21 Å². The van der Waals surface area contributed by atoms with Crippen molar-refractivity contribution in [3.63, 3.8) is 0 Å². The number of aromatic nitrogens is 3. The maximum absolute atomic E-state index is 10.8. The molecule has 0 saturated heterocycles. The molecule has 0 N–H and O–H groups in total. The summed E-state index contributed by atoms with van der Waals surface area (Å²) in [4.78, 5) is 10.8. The zero-order chi connectivity index (χ0) is 10.4. The van der Waals surface area contributed by atoms with Crippen molar-refractivity contribution in [2.24, 2.45) is 0 Å². The summed E-state index contributed by atoms with van der Waals surface area (Å²) < 4.78 is 1.97. The first-order valence-corrected chi connectivity index (χ1v) is 5.11. The van der Waals surface area contributed by atoms with Crippen molar-refractivity contribution >= 4 is 17.3 Å². The van der Waals surface area contributed by atoms with E-state index in [9.17, 15) is 4.79 Å². The maximum atomic E-state index is 10.8. The van der Waals surface area contributed by atoms with Gasteiger partial charge in [0.1, 0.15) is 11.8 Å². The van der Waals surface area contributed by atoms with Gasteiger partial charge in [0.15, 0.2) is 0 Å². The number of carbonyl (C=O) groups is 1. The predicted molar refractivity (Wildman–Crippen MR) is 55.9 cm³/mol. The van der Waals surface area contributed by atoms with Gasteiger partial charge in [-0.3, -0.25) is 4.79 Å². The first-order chi connectivity index (χ1) is 7.31. The standard InChI is InChI=1S/C11H11N3O/c1-7-8(6-15)2-5-10-11(7)12-13-14(10)9-3-4-9/h2,5-6,9H,3-4H2,1H3. The van der Waals surface area contributed by atoms with Gasteiger partial charge in [0.05, 0.1) is 11.6 Å². The molecule has 4 heteroatoms. The Bertz CT molecular complexity index is 540. The van der Waals surface area contributed by atoms with Gasteiger partial charge < -0.3 is 0 Å². The Balaban J connectivity index is 2.28. The van der Waals surface area contributed by atoms with Crippen LogP contribution in [-0.2, 0) is 0 Å². The number of hydrogen-bond acceptors (Lipinski definition) is 3. The molecule has 1 fully saturated rings. The van der Waals surface area contributed by atoms with Crippen LogP contribution in [0.15, 0.2) is 12.1 Å². The third-order valence-corrected chi connectivity index (χ3v) is 2.96. The number of carbonyl (C=O) groups excluding carboxylic acids is 1. The van der Waals surface area contributed by atoms with Crippen LogP contribution in [0, 0.1) is 6.92 Å². The minimum atomic E-state index is 0.525. The summed E-state index contributed by atoms with van der Waals surface area (Å²) >= 11 is 0. The second-order valence-electron chi connectivity index (χ2n) is 4.03. The Morgan fingerprint density at radius 3 is 2.93 bits per heavy atom. The van der Waals surface area contributed by atoms with Crippen molar-refractivity contribution < 1.29 is 4.79 Å². The highest BCUT2D eigenvalue weighted by Crippen LogP contribution is 2.36. The smallest absolute Gasteiger partial charge is 0.150 e. The molecule has 1 aromatic heterocycles. The van der Waals surface area contributed by atoms with Crippen molar-refractivity contribution in [2.45, 2.75) is 25.8 Å². The van der Waals surface area contributed by atoms with Gasteiger partial charge >= 0.3 is 0 Å². The molecule has 3 rings (SSSR count). The number of nitrogens with zero attached hydrogens (tertiary/aromatic N) is 3. The van der Waals surface area contributed by atoms with Crippen molar-refractivity contribution in [1.82, 2.24) is 15.0 Å². The molecule has 0 aliphatic heterocycles. The Morgan fingerprint density at radius 2 is 2.27 bits per heavy atom. The van der Waals surface area contributed by atoms with Crippen molar-refractivity contribution in [3.05, 3.63) is 23.3 Å². The minimum Gasteiger partial charge on any atom is -0.298 e. The lowest BCUT2D eigenvalue weighted by atomic mass is 10.1. The SMILES string of the molecule is Cc1c(C=O)ccc2c1nnn2C1CC1. The van der Waals surface area contributed by atoms with E-state index >= 15 is 0 Å². The molecule has 0 spiro atoms. The third kappa shape index (κ3) is 1.17. The Morgan fingerprint density at radius 1 is 1.47 bits per heavy atom. The number of aryl methyl sites for hydroxylation is 1. The van der Waals surface area contributed by atoms with Gasteiger partial charge in [0.25, 0.3) is 0 Å². The van der Waals surface area contributed by atoms with E-state index in [1.165, 1.54) is 12.8 Å². The first kappa shape index (κ1) is 8.59. The summed E-state index contributed by atoms with van der Waals surface area (Å²) in [7, 11) is 0. The fraction of sp³-hybridized carbons (Fsp3) is 0.364. The lowest BCUT2D eigenvalue weighted by Gasteiger charge is -2.00. The van der Waals surface area contributed by atoms with Gasteiger partial charge in [-0.25, -0.2) is 4.68 Å². The lowest BCUT2D eigenvalue weighted by Crippen LogP contribution is -1.96. The molecule has 1 aliphatic rings. The molecular weight excluding hydrogens is 190 g/mol. The van der Waals surface area contributed by atoms with Crippen molar-refractivity contribution in [1.29, 1.82) is 0 Å². The molecule has 0 atom stereocenters. The van der Waals surface area contributed by atoms with Crippen LogP contribution in [-0.4, -0.2) is 21.3 Å². The zero-order valence-corrected chi connectivity index (χ0v) is 8.47. The molecule has 1 saturated carbocycles. The molecule has 1 aliphatic carbocycles. The summed E-state index contributed by atoms with van der Waals surface area (Å²) in [5.41, 5.74) is 3.52. The largest absolute Gasteiger partial charge is 0.298 e. The molecule has 4 nitrogen and oxygen atoms in total. The maximum Gasteiger partial charge on any atom is 0.150 e. The van der Waals surface area contributed by atoms with Crippen LogP contribution >= 0.6 is 0 Å². The summed E-state index contributed by atoms with van der Waals surface area (Å²) in [6.07, 6.45) is 3.24. The Labute approximate surface area is 86.9 Å². The molecule has 15 heavy (non-hydrogen) atoms. The van der Waals surface area contributed by atoms with Crippen LogP contribution in [0.3, 0.4) is 0 Å². The van der Waals surface area contributed by atoms with Crippen LogP contribution in [0.4, 0.5) is 0 Å². The monoisotopic (exact) mass is 201 g/mol. The predicted octanol–water partition coefficient (Wildman–Crippen LogP) is 1.89. The second-order valence-corrected chi connectivity index (χ2v) is 4.03. The van der Waals surface area contributed by atoms with Crippen LogP contribution in [0.25, 0.3) is 11.0 Å². The topological polar surface area (TPSA) is 47.8 Å². The van der Waals surface area contributed by atoms with Crippen LogP contribution < -0.4 is 0 Å². The molecule has 0 radical (unpaired) electrons. The molecule has 0 bridgehead atoms. The van der Waals surface area contributed by atoms with Gasteiger partial charge in [-0.05, 0) is 37.5 Å². The van der Waals surface area contributed by atoms with Crippen LogP contribution in [0.2, 0.25) is 0 Å². The Kier molecular flexibility index (Phi) is 1.65. The van der Waals surface area contributed by atoms with E-state index in [1.54, 1.807) is 0 Å². The highest BCUT2D eigenvalue weighted by molar-refractivity contribution is 5.88. The average molecular weight is 201 g/mol. The second kappa shape index (κ2) is 2.89. The van der Waals surface area contributed by atoms with E-state index in [2.05, 4.69) is 10.3 Å². The molecule has 1 heterocycles. The van der Waals surface area contributed by atoms with Crippen LogP contribution in [0.5, 0.6) is 0 Å². The normalized spacial score (nSPS) is 15.8. The van der Waals surface area contributed by atoms with E-state index in [-0.39, 0.29) is 0 Å². The number of aldehydes is 1. The summed E-state index contributed by atoms with van der Waals surface area (Å²) in [6.45, 7) is 1.91. The van der Waals surface area contributed by atoms with E-state index in [0.717, 1.165) is 22.9 Å². The zero-order valence-electron chi connectivity index (χ0n) is 8.47. The number of fused-ring (bicyclic) bond motifs is 1. The molecule has 0 amide bonds. The summed E-state index contributed by atoms with van der Waals surface area (Å²) in [6, 6.07) is 4.30. The molecule has 2 aromatic rings. The van der Waals surface area contributed by atoms with Gasteiger partial charge in [-0.15, -0.1) is 5.10 Å². The van der Waals surface area contributed by atoms with E-state index in [0.29, 0.717) is 11.6 Å². The highest BCUT2D eigenvalue weighted by Gasteiger charge is 2.26. The first-order valence-electron chi connectivity index (χ1n) is 5.11. The number of benzene rings is 1. The quantitative estimate of drug-likeness (QED) is 0.697. The van der Waals surface area contributed by atoms with E-state index < -0.39 is 0 Å².